The van der Waals surface area contributed by atoms with Gasteiger partial charge in [-0.15, -0.1) is 0 Å². The fourth-order valence-corrected chi connectivity index (χ4v) is 2.17. The summed E-state index contributed by atoms with van der Waals surface area (Å²) in [6.45, 7) is 4.73. The van der Waals surface area contributed by atoms with Crippen LogP contribution < -0.4 is 5.32 Å². The number of nitriles is 1. The van der Waals surface area contributed by atoms with Crippen molar-refractivity contribution in [3.8, 4) is 6.07 Å². The van der Waals surface area contributed by atoms with Crippen LogP contribution in [0.15, 0.2) is 0 Å². The van der Waals surface area contributed by atoms with Crippen molar-refractivity contribution in [2.45, 2.75) is 58.1 Å². The van der Waals surface area contributed by atoms with E-state index in [-0.39, 0.29) is 11.9 Å². The number of carbonyl (C=O) groups is 1. The van der Waals surface area contributed by atoms with Crippen LogP contribution >= 0.6 is 0 Å². The topological polar surface area (TPSA) is 62.1 Å². The van der Waals surface area contributed by atoms with Crippen LogP contribution in [0.3, 0.4) is 0 Å². The molecule has 0 aromatic heterocycles. The third-order valence-corrected chi connectivity index (χ3v) is 3.26. The van der Waals surface area contributed by atoms with Crippen molar-refractivity contribution in [2.24, 2.45) is 5.92 Å². The Kier molecular flexibility index (Phi) is 5.99. The van der Waals surface area contributed by atoms with Gasteiger partial charge in [-0.25, -0.2) is 0 Å². The van der Waals surface area contributed by atoms with Crippen molar-refractivity contribution in [3.63, 3.8) is 0 Å². The Morgan fingerprint density at radius 2 is 2.24 bits per heavy atom. The lowest BCUT2D eigenvalue weighted by Crippen LogP contribution is -2.39. The predicted molar refractivity (Wildman–Crippen MR) is 65.2 cm³/mol. The first-order valence-corrected chi connectivity index (χ1v) is 6.47. The minimum absolute atomic E-state index is 0.00950. The molecule has 1 atom stereocenters. The number of nitrogens with one attached hydrogen (secondary N) is 1. The third-order valence-electron chi connectivity index (χ3n) is 3.26. The van der Waals surface area contributed by atoms with Crippen LogP contribution in [0.4, 0.5) is 0 Å². The maximum absolute atomic E-state index is 11.7. The summed E-state index contributed by atoms with van der Waals surface area (Å²) in [5.74, 6) is 0.540. The van der Waals surface area contributed by atoms with Crippen molar-refractivity contribution in [3.05, 3.63) is 0 Å². The van der Waals surface area contributed by atoms with Gasteiger partial charge in [0.2, 0.25) is 5.91 Å². The van der Waals surface area contributed by atoms with Gasteiger partial charge in [0.15, 0.2) is 0 Å². The van der Waals surface area contributed by atoms with E-state index in [1.165, 1.54) is 0 Å². The molecule has 1 rings (SSSR count). The molecule has 0 heterocycles. The summed E-state index contributed by atoms with van der Waals surface area (Å²) >= 11 is 0. The largest absolute Gasteiger partial charge is 0.378 e. The highest BCUT2D eigenvalue weighted by atomic mass is 16.5. The number of ether oxygens (including phenoxy) is 1. The molecule has 4 nitrogen and oxygen atoms in total. The molecule has 17 heavy (non-hydrogen) atoms. The predicted octanol–water partition coefficient (Wildman–Crippen LogP) is 2.00. The number of nitrogens with zero attached hydrogens (tertiary/aromatic N) is 1. The summed E-state index contributed by atoms with van der Waals surface area (Å²) in [6, 6.07) is 2.10. The highest BCUT2D eigenvalue weighted by Gasteiger charge is 2.31. The van der Waals surface area contributed by atoms with Crippen molar-refractivity contribution in [1.82, 2.24) is 5.32 Å². The Balaban J connectivity index is 2.16. The van der Waals surface area contributed by atoms with Gasteiger partial charge in [-0.1, -0.05) is 6.92 Å². The van der Waals surface area contributed by atoms with Crippen LogP contribution in [-0.4, -0.2) is 24.7 Å². The smallest absolute Gasteiger partial charge is 0.220 e. The molecular formula is C13H22N2O2. The van der Waals surface area contributed by atoms with Crippen LogP contribution in [-0.2, 0) is 9.53 Å². The minimum Gasteiger partial charge on any atom is -0.378 e. The molecule has 0 saturated heterocycles. The summed E-state index contributed by atoms with van der Waals surface area (Å²) in [4.78, 5) is 11.7. The zero-order valence-electron chi connectivity index (χ0n) is 10.7. The Morgan fingerprint density at radius 1 is 1.53 bits per heavy atom. The molecular weight excluding hydrogens is 216 g/mol. The van der Waals surface area contributed by atoms with Crippen LogP contribution in [0.5, 0.6) is 0 Å². The molecule has 96 valence electrons. The van der Waals surface area contributed by atoms with Crippen molar-refractivity contribution >= 4 is 5.91 Å². The molecule has 0 bridgehead atoms. The van der Waals surface area contributed by atoms with Gasteiger partial charge < -0.3 is 10.1 Å². The SMILES string of the molecule is CCOC1CC(CC(=O)NC(CC)CC#N)C1. The normalized spacial score (nSPS) is 24.5. The van der Waals surface area contributed by atoms with Gasteiger partial charge in [0.25, 0.3) is 0 Å². The van der Waals surface area contributed by atoms with E-state index >= 15 is 0 Å². The molecule has 1 fully saturated rings. The Hall–Kier alpha value is -1.08. The number of hydrogen-bond donors (Lipinski definition) is 1. The Morgan fingerprint density at radius 3 is 2.76 bits per heavy atom. The fourth-order valence-electron chi connectivity index (χ4n) is 2.17. The van der Waals surface area contributed by atoms with Gasteiger partial charge in [0, 0.05) is 19.1 Å². The molecule has 1 saturated carbocycles. The molecule has 1 aliphatic rings. The first-order chi connectivity index (χ1) is 8.19. The number of carbonyl (C=O) groups excluding carboxylic acids is 1. The maximum Gasteiger partial charge on any atom is 0.220 e. The summed E-state index contributed by atoms with van der Waals surface area (Å²) in [6.07, 6.45) is 4.14. The minimum atomic E-state index is 0.00950. The van der Waals surface area contributed by atoms with E-state index in [1.807, 2.05) is 13.8 Å². The van der Waals surface area contributed by atoms with Gasteiger partial charge >= 0.3 is 0 Å². The van der Waals surface area contributed by atoms with E-state index in [0.717, 1.165) is 25.9 Å². The van der Waals surface area contributed by atoms with E-state index in [2.05, 4.69) is 11.4 Å². The van der Waals surface area contributed by atoms with Gasteiger partial charge in [-0.3, -0.25) is 4.79 Å². The summed E-state index contributed by atoms with van der Waals surface area (Å²) in [5.41, 5.74) is 0. The highest BCUT2D eigenvalue weighted by Crippen LogP contribution is 2.32. The fraction of sp³-hybridized carbons (Fsp3) is 0.846. The lowest BCUT2D eigenvalue weighted by molar-refractivity contribution is -0.125. The first-order valence-electron chi connectivity index (χ1n) is 6.47. The second kappa shape index (κ2) is 7.29. The van der Waals surface area contributed by atoms with Crippen LogP contribution in [0.1, 0.15) is 46.0 Å². The van der Waals surface area contributed by atoms with E-state index < -0.39 is 0 Å². The number of amides is 1. The second-order valence-electron chi connectivity index (χ2n) is 4.65. The Labute approximate surface area is 103 Å². The average molecular weight is 238 g/mol. The zero-order chi connectivity index (χ0) is 12.7. The van der Waals surface area contributed by atoms with Gasteiger partial charge in [0.1, 0.15) is 0 Å². The molecule has 4 heteroatoms. The van der Waals surface area contributed by atoms with Gasteiger partial charge in [-0.2, -0.15) is 5.26 Å². The summed E-state index contributed by atoms with van der Waals surface area (Å²) in [7, 11) is 0. The second-order valence-corrected chi connectivity index (χ2v) is 4.65. The lowest BCUT2D eigenvalue weighted by Gasteiger charge is -2.34. The first kappa shape index (κ1) is 14.0. The Bertz CT molecular complexity index is 280. The molecule has 0 aromatic carbocycles. The number of rotatable bonds is 7. The quantitative estimate of drug-likeness (QED) is 0.738. The average Bonchev–Trinajstić information content (AvgIpc) is 2.25. The molecule has 1 unspecified atom stereocenters. The molecule has 0 radical (unpaired) electrons. The summed E-state index contributed by atoms with van der Waals surface area (Å²) in [5, 5.41) is 11.5. The van der Waals surface area contributed by atoms with Crippen LogP contribution in [0.25, 0.3) is 0 Å². The van der Waals surface area contributed by atoms with Crippen LogP contribution in [0, 0.1) is 17.2 Å². The standard InChI is InChI=1S/C13H22N2O2/c1-3-11(5-6-14)15-13(16)9-10-7-12(8-10)17-4-2/h10-12H,3-5,7-9H2,1-2H3,(H,15,16). The van der Waals surface area contributed by atoms with E-state index in [1.54, 1.807) is 0 Å². The molecule has 1 amide bonds. The van der Waals surface area contributed by atoms with E-state index in [9.17, 15) is 4.79 Å². The molecule has 0 aromatic rings. The van der Waals surface area contributed by atoms with Crippen molar-refractivity contribution in [1.29, 1.82) is 5.26 Å². The van der Waals surface area contributed by atoms with E-state index in [4.69, 9.17) is 10.00 Å². The highest BCUT2D eigenvalue weighted by molar-refractivity contribution is 5.76. The molecule has 1 aliphatic carbocycles. The van der Waals surface area contributed by atoms with Gasteiger partial charge in [0.05, 0.1) is 18.6 Å². The van der Waals surface area contributed by atoms with Gasteiger partial charge in [-0.05, 0) is 32.1 Å². The molecule has 0 aliphatic heterocycles. The maximum atomic E-state index is 11.7. The van der Waals surface area contributed by atoms with Crippen LogP contribution in [0.2, 0.25) is 0 Å². The number of hydrogen-bond acceptors (Lipinski definition) is 3. The third kappa shape index (κ3) is 4.74. The lowest BCUT2D eigenvalue weighted by atomic mass is 9.80. The monoisotopic (exact) mass is 238 g/mol. The molecule has 1 N–H and O–H groups in total. The summed E-state index contributed by atoms with van der Waals surface area (Å²) < 4.78 is 5.46. The zero-order valence-corrected chi connectivity index (χ0v) is 10.7. The molecule has 0 spiro atoms. The van der Waals surface area contributed by atoms with Crippen molar-refractivity contribution < 1.29 is 9.53 Å². The van der Waals surface area contributed by atoms with Crippen molar-refractivity contribution in [2.75, 3.05) is 6.61 Å². The van der Waals surface area contributed by atoms with E-state index in [0.29, 0.717) is 24.9 Å².